The molecule has 192 valence electrons. The number of ether oxygens (including phenoxy) is 1. The molecular weight excluding hydrogens is 458 g/mol. The van der Waals surface area contributed by atoms with Gasteiger partial charge in [0.2, 0.25) is 11.8 Å². The Kier molecular flexibility index (Phi) is 9.05. The first-order valence-electron chi connectivity index (χ1n) is 12.5. The number of anilines is 1. The van der Waals surface area contributed by atoms with Crippen LogP contribution in [0.5, 0.6) is 0 Å². The van der Waals surface area contributed by atoms with E-state index in [9.17, 15) is 14.4 Å². The lowest BCUT2D eigenvalue weighted by molar-refractivity contribution is -0.137. The van der Waals surface area contributed by atoms with Gasteiger partial charge in [0.15, 0.2) is 0 Å². The number of piperazine rings is 1. The molecule has 1 atom stereocenters. The van der Waals surface area contributed by atoms with E-state index in [1.807, 2.05) is 42.2 Å². The molecule has 0 saturated carbocycles. The van der Waals surface area contributed by atoms with Crippen molar-refractivity contribution in [2.45, 2.75) is 13.0 Å². The molecule has 9 heteroatoms. The Labute approximate surface area is 212 Å². The average molecular weight is 494 g/mol. The first-order chi connectivity index (χ1) is 17.5. The van der Waals surface area contributed by atoms with Gasteiger partial charge < -0.3 is 20.3 Å². The van der Waals surface area contributed by atoms with E-state index in [2.05, 4.69) is 20.4 Å². The molecule has 0 aromatic heterocycles. The molecule has 0 bridgehead atoms. The molecule has 2 aliphatic heterocycles. The largest absolute Gasteiger partial charge is 0.378 e. The molecule has 36 heavy (non-hydrogen) atoms. The van der Waals surface area contributed by atoms with Crippen molar-refractivity contribution in [2.24, 2.45) is 0 Å². The molecule has 0 radical (unpaired) electrons. The van der Waals surface area contributed by atoms with Crippen LogP contribution >= 0.6 is 0 Å². The van der Waals surface area contributed by atoms with Gasteiger partial charge in [-0.05, 0) is 24.6 Å². The van der Waals surface area contributed by atoms with Gasteiger partial charge in [-0.25, -0.2) is 0 Å². The summed E-state index contributed by atoms with van der Waals surface area (Å²) in [4.78, 5) is 44.3. The van der Waals surface area contributed by atoms with Crippen molar-refractivity contribution in [1.82, 2.24) is 20.0 Å². The Morgan fingerprint density at radius 1 is 0.833 bits per heavy atom. The number of nitrogens with one attached hydrogen (secondary N) is 2. The van der Waals surface area contributed by atoms with Gasteiger partial charge in [-0.2, -0.15) is 0 Å². The number of hydrogen-bond acceptors (Lipinski definition) is 6. The van der Waals surface area contributed by atoms with Crippen molar-refractivity contribution in [3.63, 3.8) is 0 Å². The standard InChI is InChI=1S/C27H35N5O4/c1-21(22-7-3-2-4-8-22)28-27(35)23-9-5-6-10-24(23)29-25(33)19-30-11-13-31(14-12-30)20-26(34)32-15-17-36-18-16-32/h2-10,21H,11-20H2,1H3,(H,28,35)(H,29,33). The minimum absolute atomic E-state index is 0.140. The number of rotatable bonds is 8. The number of carbonyl (C=O) groups excluding carboxylic acids is 3. The van der Waals surface area contributed by atoms with Crippen molar-refractivity contribution < 1.29 is 19.1 Å². The van der Waals surface area contributed by atoms with Crippen LogP contribution in [0.15, 0.2) is 54.6 Å². The molecule has 2 saturated heterocycles. The number of nitrogens with zero attached hydrogens (tertiary/aromatic N) is 3. The number of para-hydroxylation sites is 1. The van der Waals surface area contributed by atoms with Crippen LogP contribution in [0.3, 0.4) is 0 Å². The molecule has 2 fully saturated rings. The van der Waals surface area contributed by atoms with E-state index >= 15 is 0 Å². The van der Waals surface area contributed by atoms with E-state index in [1.54, 1.807) is 24.3 Å². The van der Waals surface area contributed by atoms with Crippen LogP contribution in [0, 0.1) is 0 Å². The number of morpholine rings is 1. The lowest BCUT2D eigenvalue weighted by Crippen LogP contribution is -2.52. The summed E-state index contributed by atoms with van der Waals surface area (Å²) in [5.41, 5.74) is 1.94. The average Bonchev–Trinajstić information content (AvgIpc) is 2.91. The van der Waals surface area contributed by atoms with E-state index in [4.69, 9.17) is 4.74 Å². The second kappa shape index (κ2) is 12.6. The fraction of sp³-hybridized carbons (Fsp3) is 0.444. The van der Waals surface area contributed by atoms with Crippen molar-refractivity contribution in [3.8, 4) is 0 Å². The molecular formula is C27H35N5O4. The van der Waals surface area contributed by atoms with Gasteiger partial charge in [0.05, 0.1) is 43.6 Å². The van der Waals surface area contributed by atoms with Gasteiger partial charge >= 0.3 is 0 Å². The highest BCUT2D eigenvalue weighted by molar-refractivity contribution is 6.04. The second-order valence-corrected chi connectivity index (χ2v) is 9.25. The SMILES string of the molecule is CC(NC(=O)c1ccccc1NC(=O)CN1CCN(CC(=O)N2CCOCC2)CC1)c1ccccc1. The topological polar surface area (TPSA) is 94.2 Å². The molecule has 2 aromatic rings. The Hall–Kier alpha value is -3.27. The van der Waals surface area contributed by atoms with Crippen LogP contribution in [0.4, 0.5) is 5.69 Å². The maximum absolute atomic E-state index is 12.9. The summed E-state index contributed by atoms with van der Waals surface area (Å²) >= 11 is 0. The van der Waals surface area contributed by atoms with Gasteiger partial charge in [0.1, 0.15) is 0 Å². The van der Waals surface area contributed by atoms with Crippen molar-refractivity contribution in [1.29, 1.82) is 0 Å². The lowest BCUT2D eigenvalue weighted by Gasteiger charge is -2.35. The molecule has 1 unspecified atom stereocenters. The molecule has 4 rings (SSSR count). The third-order valence-electron chi connectivity index (χ3n) is 6.65. The summed E-state index contributed by atoms with van der Waals surface area (Å²) < 4.78 is 5.31. The predicted molar refractivity (Wildman–Crippen MR) is 138 cm³/mol. The molecule has 2 aliphatic rings. The molecule has 2 N–H and O–H groups in total. The molecule has 9 nitrogen and oxygen atoms in total. The maximum atomic E-state index is 12.9. The van der Waals surface area contributed by atoms with E-state index < -0.39 is 0 Å². The lowest BCUT2D eigenvalue weighted by atomic mass is 10.1. The number of carbonyl (C=O) groups is 3. The summed E-state index contributed by atoms with van der Waals surface area (Å²) in [5.74, 6) is -0.258. The van der Waals surface area contributed by atoms with Crippen LogP contribution in [-0.4, -0.2) is 98.0 Å². The predicted octanol–water partition coefficient (Wildman–Crippen LogP) is 1.59. The van der Waals surface area contributed by atoms with Crippen LogP contribution in [0.1, 0.15) is 28.9 Å². The van der Waals surface area contributed by atoms with E-state index in [1.165, 1.54) is 0 Å². The zero-order chi connectivity index (χ0) is 25.3. The molecule has 3 amide bonds. The Bertz CT molecular complexity index is 1030. The van der Waals surface area contributed by atoms with Crippen molar-refractivity contribution in [3.05, 3.63) is 65.7 Å². The molecule has 2 aromatic carbocycles. The fourth-order valence-corrected chi connectivity index (χ4v) is 4.49. The summed E-state index contributed by atoms with van der Waals surface area (Å²) in [6.45, 7) is 7.98. The van der Waals surface area contributed by atoms with E-state index in [0.717, 1.165) is 18.7 Å². The van der Waals surface area contributed by atoms with Crippen LogP contribution in [0.2, 0.25) is 0 Å². The van der Waals surface area contributed by atoms with Gasteiger partial charge in [0, 0.05) is 39.3 Å². The van der Waals surface area contributed by atoms with Crippen molar-refractivity contribution >= 4 is 23.4 Å². The summed E-state index contributed by atoms with van der Waals surface area (Å²) in [6, 6.07) is 16.6. The maximum Gasteiger partial charge on any atom is 0.253 e. The molecule has 0 spiro atoms. The summed E-state index contributed by atoms with van der Waals surface area (Å²) in [6.07, 6.45) is 0. The normalized spacial score (nSPS) is 17.9. The molecule has 0 aliphatic carbocycles. The highest BCUT2D eigenvalue weighted by atomic mass is 16.5. The van der Waals surface area contributed by atoms with Crippen LogP contribution < -0.4 is 10.6 Å². The number of amides is 3. The van der Waals surface area contributed by atoms with Gasteiger partial charge in [-0.3, -0.25) is 24.2 Å². The van der Waals surface area contributed by atoms with E-state index in [-0.39, 0.29) is 30.3 Å². The Morgan fingerprint density at radius 3 is 2.14 bits per heavy atom. The summed E-state index contributed by atoms with van der Waals surface area (Å²) in [5, 5.41) is 5.92. The minimum atomic E-state index is -0.235. The third-order valence-corrected chi connectivity index (χ3v) is 6.65. The zero-order valence-corrected chi connectivity index (χ0v) is 20.8. The first kappa shape index (κ1) is 25.8. The highest BCUT2D eigenvalue weighted by Gasteiger charge is 2.24. The highest BCUT2D eigenvalue weighted by Crippen LogP contribution is 2.18. The van der Waals surface area contributed by atoms with Crippen molar-refractivity contribution in [2.75, 3.05) is 70.9 Å². The Morgan fingerprint density at radius 2 is 1.44 bits per heavy atom. The summed E-state index contributed by atoms with van der Waals surface area (Å²) in [7, 11) is 0. The Balaban J connectivity index is 1.25. The van der Waals surface area contributed by atoms with E-state index in [0.29, 0.717) is 57.2 Å². The quantitative estimate of drug-likeness (QED) is 0.580. The fourth-order valence-electron chi connectivity index (χ4n) is 4.49. The third kappa shape index (κ3) is 7.13. The van der Waals surface area contributed by atoms with Crippen LogP contribution in [0.25, 0.3) is 0 Å². The number of hydrogen-bond donors (Lipinski definition) is 2. The molecule has 2 heterocycles. The van der Waals surface area contributed by atoms with Gasteiger partial charge in [-0.1, -0.05) is 42.5 Å². The monoisotopic (exact) mass is 493 g/mol. The minimum Gasteiger partial charge on any atom is -0.378 e. The van der Waals surface area contributed by atoms with Gasteiger partial charge in [-0.15, -0.1) is 0 Å². The van der Waals surface area contributed by atoms with Gasteiger partial charge in [0.25, 0.3) is 5.91 Å². The smallest absolute Gasteiger partial charge is 0.253 e. The zero-order valence-electron chi connectivity index (χ0n) is 20.8. The number of benzene rings is 2. The first-order valence-corrected chi connectivity index (χ1v) is 12.5. The second-order valence-electron chi connectivity index (χ2n) is 9.25. The van der Waals surface area contributed by atoms with Crippen LogP contribution in [-0.2, 0) is 14.3 Å².